The number of hydrogen-bond acceptors (Lipinski definition) is 5. The fraction of sp³-hybridized carbons (Fsp3) is 0.435. The second kappa shape index (κ2) is 9.58. The summed E-state index contributed by atoms with van der Waals surface area (Å²) < 4.78 is 10.7. The van der Waals surface area contributed by atoms with Gasteiger partial charge in [0.2, 0.25) is 5.91 Å². The molecule has 0 bridgehead atoms. The Bertz CT molecular complexity index is 864. The van der Waals surface area contributed by atoms with Crippen LogP contribution in [0.2, 0.25) is 5.02 Å². The molecular formula is C23H28ClN3O3. The summed E-state index contributed by atoms with van der Waals surface area (Å²) >= 11 is 6.48. The van der Waals surface area contributed by atoms with Crippen LogP contribution in [0.3, 0.4) is 0 Å². The molecule has 0 spiro atoms. The van der Waals surface area contributed by atoms with Crippen LogP contribution in [0.25, 0.3) is 0 Å². The molecule has 160 valence electrons. The fourth-order valence-electron chi connectivity index (χ4n) is 3.88. The van der Waals surface area contributed by atoms with Crippen LogP contribution in [0.5, 0.6) is 5.75 Å². The van der Waals surface area contributed by atoms with Crippen molar-refractivity contribution in [3.8, 4) is 5.75 Å². The van der Waals surface area contributed by atoms with Gasteiger partial charge in [-0.3, -0.25) is 4.79 Å². The Balaban J connectivity index is 1.41. The van der Waals surface area contributed by atoms with Crippen LogP contribution in [-0.2, 0) is 9.53 Å². The number of halogens is 1. The molecule has 2 aliphatic rings. The van der Waals surface area contributed by atoms with Gasteiger partial charge < -0.3 is 25.0 Å². The van der Waals surface area contributed by atoms with Crippen molar-refractivity contribution in [1.82, 2.24) is 5.32 Å². The molecular weight excluding hydrogens is 402 g/mol. The molecule has 2 aromatic rings. The second-order valence-electron chi connectivity index (χ2n) is 7.74. The molecule has 30 heavy (non-hydrogen) atoms. The monoisotopic (exact) mass is 429 g/mol. The third kappa shape index (κ3) is 4.99. The van der Waals surface area contributed by atoms with Crippen molar-refractivity contribution in [2.75, 3.05) is 50.2 Å². The van der Waals surface area contributed by atoms with E-state index in [2.05, 4.69) is 15.5 Å². The molecule has 1 heterocycles. The SMILES string of the molecule is COc1ccc(C(NC(=O)CNc2cccc(Cl)c2N2CCOCC2)C2CC2)cc1. The van der Waals surface area contributed by atoms with Gasteiger partial charge in [0, 0.05) is 13.1 Å². The first-order valence-corrected chi connectivity index (χ1v) is 10.8. The van der Waals surface area contributed by atoms with Gasteiger partial charge in [-0.2, -0.15) is 0 Å². The summed E-state index contributed by atoms with van der Waals surface area (Å²) in [5.41, 5.74) is 2.92. The lowest BCUT2D eigenvalue weighted by molar-refractivity contribution is -0.120. The summed E-state index contributed by atoms with van der Waals surface area (Å²) in [4.78, 5) is 15.0. The highest BCUT2D eigenvalue weighted by Crippen LogP contribution is 2.41. The Morgan fingerprint density at radius 2 is 1.93 bits per heavy atom. The van der Waals surface area contributed by atoms with E-state index >= 15 is 0 Å². The molecule has 1 atom stereocenters. The van der Waals surface area contributed by atoms with Gasteiger partial charge in [-0.15, -0.1) is 0 Å². The van der Waals surface area contributed by atoms with Crippen LogP contribution in [0, 0.1) is 5.92 Å². The first kappa shape index (κ1) is 20.8. The van der Waals surface area contributed by atoms with E-state index in [-0.39, 0.29) is 18.5 Å². The Labute approximate surface area is 182 Å². The van der Waals surface area contributed by atoms with E-state index in [9.17, 15) is 4.79 Å². The number of amides is 1. The Morgan fingerprint density at radius 1 is 1.20 bits per heavy atom. The summed E-state index contributed by atoms with van der Waals surface area (Å²) in [6, 6.07) is 13.7. The predicted molar refractivity (Wildman–Crippen MR) is 120 cm³/mol. The number of ether oxygens (including phenoxy) is 2. The normalized spacial score (nSPS) is 17.3. The minimum atomic E-state index is -0.0318. The maximum absolute atomic E-state index is 12.8. The van der Waals surface area contributed by atoms with Crippen LogP contribution in [0.4, 0.5) is 11.4 Å². The molecule has 2 aromatic carbocycles. The van der Waals surface area contributed by atoms with Gasteiger partial charge in [0.25, 0.3) is 0 Å². The highest BCUT2D eigenvalue weighted by atomic mass is 35.5. The number of rotatable bonds is 8. The van der Waals surface area contributed by atoms with Crippen molar-refractivity contribution in [2.24, 2.45) is 5.92 Å². The highest BCUT2D eigenvalue weighted by molar-refractivity contribution is 6.34. The summed E-state index contributed by atoms with van der Waals surface area (Å²) in [5.74, 6) is 1.28. The minimum absolute atomic E-state index is 0.0308. The largest absolute Gasteiger partial charge is 0.497 e. The van der Waals surface area contributed by atoms with Crippen LogP contribution < -0.4 is 20.3 Å². The molecule has 7 heteroatoms. The molecule has 1 aliphatic carbocycles. The van der Waals surface area contributed by atoms with Gasteiger partial charge in [-0.25, -0.2) is 0 Å². The number of nitrogens with zero attached hydrogens (tertiary/aromatic N) is 1. The molecule has 1 aliphatic heterocycles. The van der Waals surface area contributed by atoms with Gasteiger partial charge in [-0.1, -0.05) is 29.8 Å². The number of para-hydroxylation sites is 1. The van der Waals surface area contributed by atoms with Crippen molar-refractivity contribution in [3.05, 3.63) is 53.1 Å². The van der Waals surface area contributed by atoms with E-state index in [1.165, 1.54) is 0 Å². The van der Waals surface area contributed by atoms with Gasteiger partial charge in [0.15, 0.2) is 0 Å². The number of morpholine rings is 1. The Kier molecular flexibility index (Phi) is 6.65. The Hall–Kier alpha value is -2.44. The highest BCUT2D eigenvalue weighted by Gasteiger charge is 2.33. The first-order valence-electron chi connectivity index (χ1n) is 10.4. The standard InChI is InChI=1S/C23H28ClN3O3/c1-29-18-9-7-17(8-10-18)22(16-5-6-16)26-21(28)15-25-20-4-2-3-19(24)23(20)27-11-13-30-14-12-27/h2-4,7-10,16,22,25H,5-6,11-15H2,1H3,(H,26,28). The van der Waals surface area contributed by atoms with Crippen molar-refractivity contribution in [3.63, 3.8) is 0 Å². The maximum atomic E-state index is 12.8. The quantitative estimate of drug-likeness (QED) is 0.667. The topological polar surface area (TPSA) is 62.8 Å². The average Bonchev–Trinajstić information content (AvgIpc) is 3.62. The van der Waals surface area contributed by atoms with E-state index in [1.807, 2.05) is 42.5 Å². The van der Waals surface area contributed by atoms with Crippen molar-refractivity contribution in [2.45, 2.75) is 18.9 Å². The fourth-order valence-corrected chi connectivity index (χ4v) is 4.17. The number of methoxy groups -OCH3 is 1. The molecule has 1 amide bonds. The zero-order valence-electron chi connectivity index (χ0n) is 17.2. The van der Waals surface area contributed by atoms with Gasteiger partial charge in [0.05, 0.1) is 49.3 Å². The zero-order chi connectivity index (χ0) is 20.9. The lowest BCUT2D eigenvalue weighted by Crippen LogP contribution is -2.37. The Morgan fingerprint density at radius 3 is 2.60 bits per heavy atom. The molecule has 1 saturated heterocycles. The van der Waals surface area contributed by atoms with E-state index in [4.69, 9.17) is 21.1 Å². The zero-order valence-corrected chi connectivity index (χ0v) is 18.0. The van der Waals surface area contributed by atoms with E-state index in [0.29, 0.717) is 24.2 Å². The third-order valence-electron chi connectivity index (χ3n) is 5.64. The van der Waals surface area contributed by atoms with Crippen LogP contribution in [-0.4, -0.2) is 45.9 Å². The van der Waals surface area contributed by atoms with Gasteiger partial charge >= 0.3 is 0 Å². The lowest BCUT2D eigenvalue weighted by Gasteiger charge is -2.31. The van der Waals surface area contributed by atoms with Crippen molar-refractivity contribution < 1.29 is 14.3 Å². The van der Waals surface area contributed by atoms with Crippen molar-refractivity contribution in [1.29, 1.82) is 0 Å². The van der Waals surface area contributed by atoms with Gasteiger partial charge in [0.1, 0.15) is 5.75 Å². The molecule has 0 aromatic heterocycles. The van der Waals surface area contributed by atoms with Gasteiger partial charge in [-0.05, 0) is 48.6 Å². The summed E-state index contributed by atoms with van der Waals surface area (Å²) in [6.45, 7) is 3.11. The molecule has 0 radical (unpaired) electrons. The number of anilines is 2. The molecule has 1 unspecified atom stereocenters. The predicted octanol–water partition coefficient (Wildman–Crippen LogP) is 3.86. The molecule has 1 saturated carbocycles. The number of hydrogen-bond donors (Lipinski definition) is 2. The molecule has 2 fully saturated rings. The maximum Gasteiger partial charge on any atom is 0.239 e. The molecule has 6 nitrogen and oxygen atoms in total. The second-order valence-corrected chi connectivity index (χ2v) is 8.15. The van der Waals surface area contributed by atoms with E-state index < -0.39 is 0 Å². The number of benzene rings is 2. The number of nitrogens with one attached hydrogen (secondary N) is 2. The summed E-state index contributed by atoms with van der Waals surface area (Å²) in [6.07, 6.45) is 2.28. The van der Waals surface area contributed by atoms with Crippen molar-refractivity contribution >= 4 is 28.9 Å². The van der Waals surface area contributed by atoms with Crippen LogP contribution >= 0.6 is 11.6 Å². The van der Waals surface area contributed by atoms with Crippen LogP contribution in [0.1, 0.15) is 24.4 Å². The minimum Gasteiger partial charge on any atom is -0.497 e. The first-order chi connectivity index (χ1) is 14.7. The molecule has 2 N–H and O–H groups in total. The van der Waals surface area contributed by atoms with E-state index in [1.54, 1.807) is 7.11 Å². The average molecular weight is 430 g/mol. The summed E-state index contributed by atoms with van der Waals surface area (Å²) in [7, 11) is 1.65. The molecule has 4 rings (SSSR count). The number of carbonyl (C=O) groups excluding carboxylic acids is 1. The van der Waals surface area contributed by atoms with E-state index in [0.717, 1.165) is 48.6 Å². The van der Waals surface area contributed by atoms with Crippen LogP contribution in [0.15, 0.2) is 42.5 Å². The smallest absolute Gasteiger partial charge is 0.239 e. The third-order valence-corrected chi connectivity index (χ3v) is 5.94. The summed E-state index contributed by atoms with van der Waals surface area (Å²) in [5, 5.41) is 7.17. The number of carbonyl (C=O) groups is 1. The lowest BCUT2D eigenvalue weighted by atomic mass is 10.0.